The molecule has 7 nitrogen and oxygen atoms in total. The Kier molecular flexibility index (Phi) is 5.29. The molecule has 1 saturated heterocycles. The Hall–Kier alpha value is -2.64. The number of rotatable bonds is 5. The lowest BCUT2D eigenvalue weighted by Gasteiger charge is -2.23. The number of hydrogen-bond donors (Lipinski definition) is 2. The molecule has 0 saturated carbocycles. The monoisotopic (exact) mass is 298 g/mol. The van der Waals surface area contributed by atoms with Gasteiger partial charge in [0.25, 0.3) is 0 Å². The van der Waals surface area contributed by atoms with Gasteiger partial charge in [0.15, 0.2) is 0 Å². The normalized spacial score (nSPS) is 18.3. The zero-order chi connectivity index (χ0) is 15.9. The Morgan fingerprint density at radius 1 is 1.55 bits per heavy atom. The fourth-order valence-electron chi connectivity index (χ4n) is 2.42. The molecule has 3 N–H and O–H groups in total. The maximum Gasteiger partial charge on any atom is 0.240 e. The van der Waals surface area contributed by atoms with Crippen molar-refractivity contribution in [3.63, 3.8) is 0 Å². The molecule has 0 aliphatic carbocycles. The van der Waals surface area contributed by atoms with Crippen molar-refractivity contribution in [2.24, 2.45) is 5.73 Å². The Labute approximate surface area is 129 Å². The van der Waals surface area contributed by atoms with Crippen molar-refractivity contribution >= 4 is 11.7 Å². The summed E-state index contributed by atoms with van der Waals surface area (Å²) in [7, 11) is 0. The van der Waals surface area contributed by atoms with E-state index in [1.165, 1.54) is 6.20 Å². The highest BCUT2D eigenvalue weighted by molar-refractivity contribution is 5.82. The number of likely N-dealkylation sites (tertiary alicyclic amines) is 1. The van der Waals surface area contributed by atoms with Crippen LogP contribution in [0.2, 0.25) is 0 Å². The van der Waals surface area contributed by atoms with Crippen molar-refractivity contribution in [3.05, 3.63) is 23.9 Å². The molecule has 0 bridgehead atoms. The molecule has 22 heavy (non-hydrogen) atoms. The van der Waals surface area contributed by atoms with Gasteiger partial charge in [-0.25, -0.2) is 4.98 Å². The first-order valence-electron chi connectivity index (χ1n) is 7.21. The van der Waals surface area contributed by atoms with E-state index in [-0.39, 0.29) is 11.9 Å². The highest BCUT2D eigenvalue weighted by Crippen LogP contribution is 2.17. The predicted molar refractivity (Wildman–Crippen MR) is 80.4 cm³/mol. The molecule has 0 radical (unpaired) electrons. The number of pyridine rings is 1. The maximum absolute atomic E-state index is 12.2. The zero-order valence-corrected chi connectivity index (χ0v) is 12.2. The molecule has 0 aromatic carbocycles. The fourth-order valence-corrected chi connectivity index (χ4v) is 2.42. The van der Waals surface area contributed by atoms with Crippen LogP contribution in [0.15, 0.2) is 18.3 Å². The topological polar surface area (TPSA) is 119 Å². The van der Waals surface area contributed by atoms with Crippen LogP contribution in [0.5, 0.6) is 0 Å². The molecule has 1 unspecified atom stereocenters. The van der Waals surface area contributed by atoms with Crippen LogP contribution in [-0.4, -0.2) is 41.0 Å². The average Bonchev–Trinajstić information content (AvgIpc) is 3.03. The van der Waals surface area contributed by atoms with Crippen LogP contribution in [-0.2, 0) is 4.79 Å². The van der Waals surface area contributed by atoms with E-state index in [1.54, 1.807) is 17.0 Å². The Bertz CT molecular complexity index is 600. The van der Waals surface area contributed by atoms with Gasteiger partial charge in [-0.3, -0.25) is 4.79 Å². The van der Waals surface area contributed by atoms with Gasteiger partial charge in [0.2, 0.25) is 5.91 Å². The van der Waals surface area contributed by atoms with Gasteiger partial charge in [-0.2, -0.15) is 10.5 Å². The SMILES string of the molecule is N#Cc1ccc(NCCC(N)C(=O)N2CCC[C@H]2C#N)nc1. The number of amides is 1. The minimum absolute atomic E-state index is 0.168. The molecule has 1 fully saturated rings. The molecule has 1 aromatic rings. The summed E-state index contributed by atoms with van der Waals surface area (Å²) in [5, 5.41) is 20.8. The quantitative estimate of drug-likeness (QED) is 0.821. The van der Waals surface area contributed by atoms with Crippen LogP contribution in [0, 0.1) is 22.7 Å². The summed E-state index contributed by atoms with van der Waals surface area (Å²) in [5.41, 5.74) is 6.41. The molecule has 2 heterocycles. The van der Waals surface area contributed by atoms with Gasteiger partial charge in [0, 0.05) is 19.3 Å². The molecular formula is C15H18N6O. The van der Waals surface area contributed by atoms with Crippen molar-refractivity contribution in [1.29, 1.82) is 10.5 Å². The summed E-state index contributed by atoms with van der Waals surface area (Å²) < 4.78 is 0. The van der Waals surface area contributed by atoms with Crippen molar-refractivity contribution in [2.45, 2.75) is 31.3 Å². The Balaban J connectivity index is 1.79. The molecule has 1 aliphatic rings. The molecule has 7 heteroatoms. The highest BCUT2D eigenvalue weighted by atomic mass is 16.2. The van der Waals surface area contributed by atoms with Gasteiger partial charge in [-0.15, -0.1) is 0 Å². The number of hydrogen-bond acceptors (Lipinski definition) is 6. The second-order valence-electron chi connectivity index (χ2n) is 5.18. The third-order valence-corrected chi connectivity index (χ3v) is 3.66. The predicted octanol–water partition coefficient (Wildman–Crippen LogP) is 0.597. The van der Waals surface area contributed by atoms with Gasteiger partial charge >= 0.3 is 0 Å². The summed E-state index contributed by atoms with van der Waals surface area (Å²) in [6, 6.07) is 6.55. The standard InChI is InChI=1S/C15H18N6O/c16-8-11-3-4-14(20-10-11)19-6-5-13(18)15(22)21-7-1-2-12(21)9-17/h3-4,10,12-13H,1-2,5-7,18H2,(H,19,20)/t12-,13?/m0/s1. The van der Waals surface area contributed by atoms with Crippen LogP contribution in [0.1, 0.15) is 24.8 Å². The zero-order valence-electron chi connectivity index (χ0n) is 12.2. The smallest absolute Gasteiger partial charge is 0.240 e. The first-order chi connectivity index (χ1) is 10.7. The number of nitriles is 2. The van der Waals surface area contributed by atoms with Crippen molar-refractivity contribution in [1.82, 2.24) is 9.88 Å². The van der Waals surface area contributed by atoms with E-state index in [9.17, 15) is 4.79 Å². The van der Waals surface area contributed by atoms with E-state index in [0.29, 0.717) is 30.9 Å². The summed E-state index contributed by atoms with van der Waals surface area (Å²) in [6.07, 6.45) is 3.51. The van der Waals surface area contributed by atoms with Gasteiger partial charge in [0.05, 0.1) is 17.7 Å². The van der Waals surface area contributed by atoms with Crippen LogP contribution in [0.4, 0.5) is 5.82 Å². The van der Waals surface area contributed by atoms with Crippen LogP contribution in [0.25, 0.3) is 0 Å². The van der Waals surface area contributed by atoms with Crippen molar-refractivity contribution in [2.75, 3.05) is 18.4 Å². The molecule has 0 spiro atoms. The van der Waals surface area contributed by atoms with E-state index < -0.39 is 6.04 Å². The van der Waals surface area contributed by atoms with Crippen LogP contribution in [0.3, 0.4) is 0 Å². The summed E-state index contributed by atoms with van der Waals surface area (Å²) in [4.78, 5) is 17.9. The Morgan fingerprint density at radius 2 is 2.36 bits per heavy atom. The van der Waals surface area contributed by atoms with Gasteiger partial charge in [-0.05, 0) is 31.4 Å². The Morgan fingerprint density at radius 3 is 3.00 bits per heavy atom. The van der Waals surface area contributed by atoms with E-state index >= 15 is 0 Å². The lowest BCUT2D eigenvalue weighted by atomic mass is 10.1. The second kappa shape index (κ2) is 7.39. The van der Waals surface area contributed by atoms with Gasteiger partial charge in [-0.1, -0.05) is 0 Å². The van der Waals surface area contributed by atoms with Crippen LogP contribution < -0.4 is 11.1 Å². The van der Waals surface area contributed by atoms with E-state index in [0.717, 1.165) is 12.8 Å². The van der Waals surface area contributed by atoms with Gasteiger partial charge in [0.1, 0.15) is 17.9 Å². The fraction of sp³-hybridized carbons (Fsp3) is 0.467. The highest BCUT2D eigenvalue weighted by Gasteiger charge is 2.31. The number of aromatic nitrogens is 1. The molecule has 2 atom stereocenters. The summed E-state index contributed by atoms with van der Waals surface area (Å²) in [6.45, 7) is 1.10. The number of anilines is 1. The summed E-state index contributed by atoms with van der Waals surface area (Å²) in [5.74, 6) is 0.466. The third-order valence-electron chi connectivity index (χ3n) is 3.66. The molecule has 1 amide bonds. The largest absolute Gasteiger partial charge is 0.370 e. The third kappa shape index (κ3) is 3.72. The second-order valence-corrected chi connectivity index (χ2v) is 5.18. The molecule has 2 rings (SSSR count). The lowest BCUT2D eigenvalue weighted by molar-refractivity contribution is -0.132. The lowest BCUT2D eigenvalue weighted by Crippen LogP contribution is -2.46. The van der Waals surface area contributed by atoms with E-state index in [1.807, 2.05) is 6.07 Å². The van der Waals surface area contributed by atoms with E-state index in [4.69, 9.17) is 16.3 Å². The molecule has 1 aliphatic heterocycles. The van der Waals surface area contributed by atoms with Crippen molar-refractivity contribution in [3.8, 4) is 12.1 Å². The van der Waals surface area contributed by atoms with Crippen molar-refractivity contribution < 1.29 is 4.79 Å². The molecule has 1 aromatic heterocycles. The average molecular weight is 298 g/mol. The minimum atomic E-state index is -0.625. The van der Waals surface area contributed by atoms with Gasteiger partial charge < -0.3 is 16.0 Å². The number of nitrogens with one attached hydrogen (secondary N) is 1. The van der Waals surface area contributed by atoms with Crippen LogP contribution >= 0.6 is 0 Å². The maximum atomic E-state index is 12.2. The summed E-state index contributed by atoms with van der Waals surface area (Å²) >= 11 is 0. The first-order valence-corrected chi connectivity index (χ1v) is 7.21. The number of carbonyl (C=O) groups excluding carboxylic acids is 1. The number of nitrogens with two attached hydrogens (primary N) is 1. The number of carbonyl (C=O) groups is 1. The molecular weight excluding hydrogens is 280 g/mol. The number of nitrogens with zero attached hydrogens (tertiary/aromatic N) is 4. The van der Waals surface area contributed by atoms with E-state index in [2.05, 4.69) is 16.4 Å². The molecule has 114 valence electrons. The first kappa shape index (κ1) is 15.7. The minimum Gasteiger partial charge on any atom is -0.370 e.